The van der Waals surface area contributed by atoms with Crippen LogP contribution < -0.4 is 0 Å². The smallest absolute Gasteiger partial charge is 0.410 e. The van der Waals surface area contributed by atoms with Crippen molar-refractivity contribution < 1.29 is 14.7 Å². The molecule has 28 heavy (non-hydrogen) atoms. The summed E-state index contributed by atoms with van der Waals surface area (Å²) in [7, 11) is -1.63. The molecule has 1 aromatic carbocycles. The van der Waals surface area contributed by atoms with Gasteiger partial charge in [-0.2, -0.15) is 5.06 Å². The summed E-state index contributed by atoms with van der Waals surface area (Å²) in [5, 5.41) is 12.2. The fourth-order valence-corrected chi connectivity index (χ4v) is 3.78. The Labute approximate surface area is 170 Å². The molecule has 1 saturated heterocycles. The average Bonchev–Trinajstić information content (AvgIpc) is 3.03. The van der Waals surface area contributed by atoms with E-state index in [2.05, 4.69) is 31.1 Å². The molecule has 1 aromatic rings. The molecule has 2 rings (SSSR count). The summed E-state index contributed by atoms with van der Waals surface area (Å²) >= 11 is 0. The monoisotopic (exact) mass is 402 g/mol. The Hall–Kier alpha value is -1.81. The highest BCUT2D eigenvalue weighted by molar-refractivity contribution is 6.83. The van der Waals surface area contributed by atoms with Crippen molar-refractivity contribution in [1.82, 2.24) is 9.96 Å². The number of hydrogen-bond donors (Lipinski definition) is 1. The van der Waals surface area contributed by atoms with Gasteiger partial charge < -0.3 is 14.8 Å². The third-order valence-electron chi connectivity index (χ3n) is 4.40. The normalized spacial score (nSPS) is 18.6. The molecule has 1 aliphatic heterocycles. The van der Waals surface area contributed by atoms with E-state index >= 15 is 0 Å². The number of hydrogen-bond acceptors (Lipinski definition) is 4. The molecule has 0 bridgehead atoms. The molecule has 0 unspecified atom stereocenters. The van der Waals surface area contributed by atoms with E-state index in [1.165, 1.54) is 5.06 Å². The molecule has 1 aliphatic rings. The molecule has 0 saturated carbocycles. The van der Waals surface area contributed by atoms with E-state index in [9.17, 15) is 10.0 Å². The van der Waals surface area contributed by atoms with E-state index in [1.54, 1.807) is 4.90 Å². The van der Waals surface area contributed by atoms with Crippen LogP contribution in [-0.4, -0.2) is 53.6 Å². The summed E-state index contributed by atoms with van der Waals surface area (Å²) in [5.41, 5.74) is 3.84. The Morgan fingerprint density at radius 1 is 1.32 bits per heavy atom. The topological polar surface area (TPSA) is 53.0 Å². The van der Waals surface area contributed by atoms with Crippen LogP contribution in [-0.2, 0) is 11.3 Å². The average molecular weight is 403 g/mol. The first-order valence-corrected chi connectivity index (χ1v) is 13.5. The SMILES string of the molecule is CC(C)(C)OC(=O)N1CCC[C@@H]1[C@H](C#C[Si](C)(C)C)N(O)Cc1ccccc1. The highest BCUT2D eigenvalue weighted by atomic mass is 28.3. The van der Waals surface area contributed by atoms with Gasteiger partial charge in [0.1, 0.15) is 19.7 Å². The number of likely N-dealkylation sites (tertiary alicyclic amines) is 1. The number of nitrogens with zero attached hydrogens (tertiary/aromatic N) is 2. The summed E-state index contributed by atoms with van der Waals surface area (Å²) in [6.07, 6.45) is 1.35. The molecule has 1 amide bonds. The summed E-state index contributed by atoms with van der Waals surface area (Å²) < 4.78 is 5.59. The van der Waals surface area contributed by atoms with Gasteiger partial charge in [-0.3, -0.25) is 0 Å². The van der Waals surface area contributed by atoms with Crippen LogP contribution in [0, 0.1) is 11.5 Å². The summed E-state index contributed by atoms with van der Waals surface area (Å²) in [6, 6.07) is 9.19. The molecule has 1 heterocycles. The zero-order valence-electron chi connectivity index (χ0n) is 18.0. The van der Waals surface area contributed by atoms with E-state index in [0.717, 1.165) is 18.4 Å². The van der Waals surface area contributed by atoms with Gasteiger partial charge in [0.15, 0.2) is 0 Å². The van der Waals surface area contributed by atoms with E-state index in [1.807, 2.05) is 51.1 Å². The lowest BCUT2D eigenvalue weighted by Gasteiger charge is -2.34. The molecule has 0 radical (unpaired) electrons. The van der Waals surface area contributed by atoms with Crippen molar-refractivity contribution in [2.45, 2.75) is 77.5 Å². The quantitative estimate of drug-likeness (QED) is 0.457. The number of carbonyl (C=O) groups is 1. The van der Waals surface area contributed by atoms with Gasteiger partial charge in [0.25, 0.3) is 0 Å². The molecule has 5 nitrogen and oxygen atoms in total. The highest BCUT2D eigenvalue weighted by Gasteiger charge is 2.39. The first-order valence-electron chi connectivity index (χ1n) is 9.98. The van der Waals surface area contributed by atoms with Crippen molar-refractivity contribution in [2.24, 2.45) is 0 Å². The van der Waals surface area contributed by atoms with Crippen molar-refractivity contribution >= 4 is 14.2 Å². The lowest BCUT2D eigenvalue weighted by Crippen LogP contribution is -2.50. The Morgan fingerprint density at radius 2 is 1.96 bits per heavy atom. The van der Waals surface area contributed by atoms with Gasteiger partial charge in [0.05, 0.1) is 12.6 Å². The van der Waals surface area contributed by atoms with Crippen molar-refractivity contribution in [2.75, 3.05) is 6.54 Å². The maximum atomic E-state index is 12.7. The van der Waals surface area contributed by atoms with Gasteiger partial charge in [-0.25, -0.2) is 4.79 Å². The fourth-order valence-electron chi connectivity index (χ4n) is 3.20. The van der Waals surface area contributed by atoms with E-state index in [4.69, 9.17) is 4.74 Å². The van der Waals surface area contributed by atoms with Crippen LogP contribution in [0.25, 0.3) is 0 Å². The van der Waals surface area contributed by atoms with E-state index in [0.29, 0.717) is 13.1 Å². The Balaban J connectivity index is 2.26. The predicted molar refractivity (Wildman–Crippen MR) is 115 cm³/mol. The maximum absolute atomic E-state index is 12.7. The summed E-state index contributed by atoms with van der Waals surface area (Å²) in [4.78, 5) is 14.5. The third-order valence-corrected chi connectivity index (χ3v) is 5.29. The lowest BCUT2D eigenvalue weighted by molar-refractivity contribution is -0.133. The second-order valence-electron chi connectivity index (χ2n) is 9.43. The second kappa shape index (κ2) is 9.12. The summed E-state index contributed by atoms with van der Waals surface area (Å²) in [5.74, 6) is 3.31. The standard InChI is InChI=1S/C22H34N2O3Si/c1-22(2,3)27-21(25)23-15-10-13-19(23)20(14-16-28(4,5)6)24(26)17-18-11-8-7-9-12-18/h7-9,11-12,19-20,26H,10,13,15,17H2,1-6H3/t19-,20+/m1/s1. The van der Waals surface area contributed by atoms with Crippen molar-refractivity contribution in [1.29, 1.82) is 0 Å². The number of carbonyl (C=O) groups excluding carboxylic acids is 1. The van der Waals surface area contributed by atoms with Crippen LogP contribution in [0.2, 0.25) is 19.6 Å². The molecular weight excluding hydrogens is 368 g/mol. The van der Waals surface area contributed by atoms with Crippen molar-refractivity contribution in [3.8, 4) is 11.5 Å². The largest absolute Gasteiger partial charge is 0.444 e. The van der Waals surface area contributed by atoms with Crippen LogP contribution in [0.5, 0.6) is 0 Å². The van der Waals surface area contributed by atoms with Crippen LogP contribution in [0.3, 0.4) is 0 Å². The molecule has 0 aliphatic carbocycles. The molecular formula is C22H34N2O3Si. The van der Waals surface area contributed by atoms with Gasteiger partial charge in [0, 0.05) is 6.54 Å². The van der Waals surface area contributed by atoms with Crippen molar-refractivity contribution in [3.05, 3.63) is 35.9 Å². The lowest BCUT2D eigenvalue weighted by atomic mass is 10.1. The Kier molecular flexibility index (Phi) is 7.32. The maximum Gasteiger partial charge on any atom is 0.410 e. The predicted octanol–water partition coefficient (Wildman–Crippen LogP) is 4.53. The van der Waals surface area contributed by atoms with Gasteiger partial charge in [-0.15, -0.1) is 5.54 Å². The van der Waals surface area contributed by atoms with Crippen molar-refractivity contribution in [3.63, 3.8) is 0 Å². The zero-order chi connectivity index (χ0) is 20.9. The Morgan fingerprint density at radius 3 is 2.54 bits per heavy atom. The second-order valence-corrected chi connectivity index (χ2v) is 14.2. The number of benzene rings is 1. The molecule has 2 atom stereocenters. The third kappa shape index (κ3) is 6.97. The minimum atomic E-state index is -1.63. The molecule has 0 aromatic heterocycles. The number of ether oxygens (including phenoxy) is 1. The van der Waals surface area contributed by atoms with Crippen LogP contribution in [0.1, 0.15) is 39.2 Å². The zero-order valence-corrected chi connectivity index (χ0v) is 19.0. The van der Waals surface area contributed by atoms with Gasteiger partial charge in [-0.1, -0.05) is 55.9 Å². The van der Waals surface area contributed by atoms with E-state index in [-0.39, 0.29) is 12.1 Å². The molecule has 1 fully saturated rings. The van der Waals surface area contributed by atoms with Crippen LogP contribution >= 0.6 is 0 Å². The Bertz CT molecular complexity index is 713. The van der Waals surface area contributed by atoms with Gasteiger partial charge in [0.2, 0.25) is 0 Å². The first-order chi connectivity index (χ1) is 13.0. The molecule has 1 N–H and O–H groups in total. The van der Waals surface area contributed by atoms with Gasteiger partial charge >= 0.3 is 6.09 Å². The number of amides is 1. The fraction of sp³-hybridized carbons (Fsp3) is 0.591. The van der Waals surface area contributed by atoms with E-state index < -0.39 is 19.7 Å². The number of hydroxylamine groups is 2. The van der Waals surface area contributed by atoms with Gasteiger partial charge in [-0.05, 0) is 39.2 Å². The first kappa shape index (κ1) is 22.5. The highest BCUT2D eigenvalue weighted by Crippen LogP contribution is 2.26. The minimum Gasteiger partial charge on any atom is -0.444 e. The van der Waals surface area contributed by atoms with Crippen LogP contribution in [0.15, 0.2) is 30.3 Å². The summed E-state index contributed by atoms with van der Waals surface area (Å²) in [6.45, 7) is 13.1. The minimum absolute atomic E-state index is 0.188. The number of rotatable bonds is 4. The molecule has 6 heteroatoms. The molecule has 154 valence electrons. The molecule has 0 spiro atoms. The van der Waals surface area contributed by atoms with Crippen LogP contribution in [0.4, 0.5) is 4.79 Å².